The van der Waals surface area contributed by atoms with Crippen LogP contribution in [0.4, 0.5) is 26.3 Å². The van der Waals surface area contributed by atoms with E-state index in [0.29, 0.717) is 20.5 Å². The van der Waals surface area contributed by atoms with Crippen molar-refractivity contribution < 1.29 is 46.8 Å². The molecule has 6 nitrogen and oxygen atoms in total. The summed E-state index contributed by atoms with van der Waals surface area (Å²) in [5.41, 5.74) is -0.305. The molecule has 0 aliphatic rings. The van der Waals surface area contributed by atoms with Gasteiger partial charge in [-0.05, 0) is 38.4 Å². The van der Waals surface area contributed by atoms with Crippen molar-refractivity contribution >= 4 is 0 Å². The molecule has 0 aliphatic heterocycles. The van der Waals surface area contributed by atoms with Crippen molar-refractivity contribution in [2.24, 2.45) is 0 Å². The molecule has 4 rings (SSSR count). The maximum absolute atomic E-state index is 13.2. The topological polar surface area (TPSA) is 61.4 Å². The van der Waals surface area contributed by atoms with E-state index >= 15 is 0 Å². The molecule has 0 N–H and O–H groups in total. The van der Waals surface area contributed by atoms with Crippen LogP contribution in [-0.2, 0) is 38.2 Å². The molecule has 0 bridgehead atoms. The smallest absolute Gasteiger partial charge is 0.443 e. The van der Waals surface area contributed by atoms with Crippen LogP contribution in [0, 0.1) is 12.4 Å². The summed E-state index contributed by atoms with van der Waals surface area (Å²) in [4.78, 5) is 15.3. The van der Waals surface area contributed by atoms with Gasteiger partial charge in [0, 0.05) is 28.4 Å². The molecule has 0 saturated heterocycles. The van der Waals surface area contributed by atoms with Gasteiger partial charge in [-0.1, -0.05) is 36.7 Å². The van der Waals surface area contributed by atoms with E-state index in [1.165, 1.54) is 24.3 Å². The fourth-order valence-corrected chi connectivity index (χ4v) is 3.21. The van der Waals surface area contributed by atoms with Gasteiger partial charge in [0.05, 0.1) is 0 Å². The fraction of sp³-hybridized carbons (Fsp3) is 0.238. The molecule has 0 radical (unpaired) electrons. The normalized spacial score (nSPS) is 12.5. The molecule has 0 saturated carbocycles. The van der Waals surface area contributed by atoms with Crippen LogP contribution in [-0.4, -0.2) is 29.1 Å². The van der Waals surface area contributed by atoms with Gasteiger partial charge in [0.2, 0.25) is 0 Å². The van der Waals surface area contributed by atoms with Gasteiger partial charge in [-0.2, -0.15) is 26.3 Å². The zero-order chi connectivity index (χ0) is 24.0. The van der Waals surface area contributed by atoms with Gasteiger partial charge in [-0.25, -0.2) is 0 Å². The van der Waals surface area contributed by atoms with Crippen molar-refractivity contribution in [1.29, 1.82) is 0 Å². The molecule has 0 atom stereocenters. The predicted molar refractivity (Wildman–Crippen MR) is 103 cm³/mol. The summed E-state index contributed by atoms with van der Waals surface area (Å²) >= 11 is 0. The maximum Gasteiger partial charge on any atom is 2.00 e. The minimum atomic E-state index is -4.71. The first-order valence-electron chi connectivity index (χ1n) is 9.40. The zero-order valence-corrected chi connectivity index (χ0v) is 18.9. The molecular formula is C21H14F6N6Pd. The third-order valence-corrected chi connectivity index (χ3v) is 4.89. The van der Waals surface area contributed by atoms with Crippen LogP contribution in [0.5, 0.6) is 0 Å². The fourth-order valence-electron chi connectivity index (χ4n) is 3.21. The monoisotopic (exact) mass is 570 g/mol. The third-order valence-electron chi connectivity index (χ3n) is 4.89. The Morgan fingerprint density at radius 2 is 1.06 bits per heavy atom. The Kier molecular flexibility index (Phi) is 6.74. The molecule has 0 aromatic carbocycles. The van der Waals surface area contributed by atoms with Crippen molar-refractivity contribution in [2.45, 2.75) is 31.6 Å². The van der Waals surface area contributed by atoms with Gasteiger partial charge in [0.25, 0.3) is 0 Å². The third kappa shape index (κ3) is 4.76. The Morgan fingerprint density at radius 3 is 1.41 bits per heavy atom. The minimum absolute atomic E-state index is 0. The first-order chi connectivity index (χ1) is 15.4. The number of halogens is 6. The van der Waals surface area contributed by atoms with Crippen molar-refractivity contribution in [3.05, 3.63) is 84.2 Å². The molecule has 4 aromatic rings. The van der Waals surface area contributed by atoms with Gasteiger partial charge in [-0.15, -0.1) is 0 Å². The van der Waals surface area contributed by atoms with Crippen molar-refractivity contribution in [2.75, 3.05) is 0 Å². The first kappa shape index (κ1) is 25.6. The van der Waals surface area contributed by atoms with E-state index in [1.807, 2.05) is 0 Å². The van der Waals surface area contributed by atoms with E-state index in [0.717, 1.165) is 12.4 Å². The molecule has 4 heterocycles. The van der Waals surface area contributed by atoms with Gasteiger partial charge < -0.3 is 19.1 Å². The van der Waals surface area contributed by atoms with E-state index < -0.39 is 29.4 Å². The molecule has 0 fully saturated rings. The molecule has 0 aliphatic carbocycles. The van der Waals surface area contributed by atoms with Crippen molar-refractivity contribution in [3.63, 3.8) is 0 Å². The number of imidazole rings is 2. The van der Waals surface area contributed by atoms with Crippen LogP contribution in [0.1, 0.15) is 36.9 Å². The van der Waals surface area contributed by atoms with Crippen LogP contribution in [0.25, 0.3) is 11.6 Å². The van der Waals surface area contributed by atoms with Crippen LogP contribution in [0.15, 0.2) is 48.8 Å². The van der Waals surface area contributed by atoms with Crippen LogP contribution in [0.3, 0.4) is 0 Å². The molecule has 13 heteroatoms. The summed E-state index contributed by atoms with van der Waals surface area (Å²) in [6, 6.07) is 8.95. The molecule has 34 heavy (non-hydrogen) atoms. The van der Waals surface area contributed by atoms with E-state index in [-0.39, 0.29) is 32.1 Å². The van der Waals surface area contributed by atoms with Crippen LogP contribution >= 0.6 is 0 Å². The molecule has 4 aromatic heterocycles. The van der Waals surface area contributed by atoms with Gasteiger partial charge >= 0.3 is 32.8 Å². The number of pyridine rings is 2. The van der Waals surface area contributed by atoms with E-state index in [4.69, 9.17) is 0 Å². The van der Waals surface area contributed by atoms with Crippen molar-refractivity contribution in [1.82, 2.24) is 29.1 Å². The summed E-state index contributed by atoms with van der Waals surface area (Å²) in [6.45, 7) is 3.41. The summed E-state index contributed by atoms with van der Waals surface area (Å²) in [7, 11) is 0. The number of aromatic nitrogens is 6. The Balaban J connectivity index is 0.00000324. The predicted octanol–water partition coefficient (Wildman–Crippen LogP) is 4.81. The Labute approximate surface area is 203 Å². The van der Waals surface area contributed by atoms with Gasteiger partial charge in [-0.3, -0.25) is 9.97 Å². The van der Waals surface area contributed by atoms with Crippen LogP contribution < -0.4 is 0 Å². The average Bonchev–Trinajstić information content (AvgIpc) is 3.43. The second-order valence-electron chi connectivity index (χ2n) is 7.48. The second-order valence-corrected chi connectivity index (χ2v) is 7.48. The molecule has 0 unspecified atom stereocenters. The summed E-state index contributed by atoms with van der Waals surface area (Å²) in [6.07, 6.45) is -2.86. The summed E-state index contributed by atoms with van der Waals surface area (Å²) < 4.78 is 80.8. The van der Waals surface area contributed by atoms with Gasteiger partial charge in [0.1, 0.15) is 11.6 Å². The molecule has 0 spiro atoms. The van der Waals surface area contributed by atoms with E-state index in [1.54, 1.807) is 26.0 Å². The summed E-state index contributed by atoms with van der Waals surface area (Å²) in [5, 5.41) is 0. The second kappa shape index (κ2) is 8.96. The zero-order valence-electron chi connectivity index (χ0n) is 17.4. The molecule has 180 valence electrons. The average molecular weight is 571 g/mol. The Bertz CT molecular complexity index is 1190. The number of hydrogen-bond acceptors (Lipinski definition) is 4. The Morgan fingerprint density at radius 1 is 0.676 bits per heavy atom. The first-order valence-corrected chi connectivity index (χ1v) is 9.40. The number of nitrogens with zero attached hydrogens (tertiary/aromatic N) is 6. The minimum Gasteiger partial charge on any atom is -0.443 e. The van der Waals surface area contributed by atoms with Crippen molar-refractivity contribution in [3.8, 4) is 11.6 Å². The maximum atomic E-state index is 13.2. The number of alkyl halides is 6. The molecular weight excluding hydrogens is 557 g/mol. The van der Waals surface area contributed by atoms with E-state index in [9.17, 15) is 26.3 Å². The number of rotatable bonds is 4. The molecule has 0 amide bonds. The SMILES string of the molecule is CC(C)(c1cccc(-n2[c-]cnc2C(F)(F)F)n1)c1cccc(-n2[c-]cnc2C(F)(F)F)n1.[Pd+2]. The standard InChI is InChI=1S/C21H14F6N6.Pd/c1-19(2,13-5-3-7-15(30-13)32-11-9-28-17(32)20(22,23)24)14-6-4-8-16(31-14)33-12-10-29-18(33)21(25,26)27;/h3-10H,1-2H3;/q-2;+2. The van der Waals surface area contributed by atoms with Gasteiger partial charge in [0.15, 0.2) is 0 Å². The summed E-state index contributed by atoms with van der Waals surface area (Å²) in [5.74, 6) is -2.49. The number of hydrogen-bond donors (Lipinski definition) is 0. The van der Waals surface area contributed by atoms with E-state index in [2.05, 4.69) is 32.3 Å². The largest absolute Gasteiger partial charge is 2.00 e. The van der Waals surface area contributed by atoms with Crippen LogP contribution in [0.2, 0.25) is 0 Å². The Hall–Kier alpha value is -3.04. The quantitative estimate of drug-likeness (QED) is 0.201.